The summed E-state index contributed by atoms with van der Waals surface area (Å²) >= 11 is 0. The Kier molecular flexibility index (Phi) is 4.18. The molecule has 2 aliphatic heterocycles. The number of pyridine rings is 1. The second-order valence-electron chi connectivity index (χ2n) is 6.99. The highest BCUT2D eigenvalue weighted by Crippen LogP contribution is 2.38. The largest absolute Gasteiger partial charge is 0.416 e. The van der Waals surface area contributed by atoms with E-state index in [9.17, 15) is 22.4 Å². The molecule has 0 aliphatic carbocycles. The lowest BCUT2D eigenvalue weighted by atomic mass is 9.96. The highest BCUT2D eigenvalue weighted by Gasteiger charge is 2.48. The highest BCUT2D eigenvalue weighted by molar-refractivity contribution is 5.88. The van der Waals surface area contributed by atoms with Crippen LogP contribution in [0.15, 0.2) is 36.5 Å². The molecule has 2 atom stereocenters. The van der Waals surface area contributed by atoms with Gasteiger partial charge in [0.2, 0.25) is 5.91 Å². The fraction of sp³-hybridized carbons (Fsp3) is 0.368. The topological polar surface area (TPSA) is 54.0 Å². The lowest BCUT2D eigenvalue weighted by molar-refractivity contribution is -0.137. The summed E-state index contributed by atoms with van der Waals surface area (Å²) in [5, 5.41) is 6.13. The Morgan fingerprint density at radius 1 is 1.15 bits per heavy atom. The van der Waals surface area contributed by atoms with Crippen LogP contribution in [0.2, 0.25) is 0 Å². The molecule has 2 fully saturated rings. The van der Waals surface area contributed by atoms with Crippen LogP contribution in [0.3, 0.4) is 0 Å². The monoisotopic (exact) mass is 379 g/mol. The minimum atomic E-state index is -4.44. The number of alkyl halides is 3. The molecule has 8 heteroatoms. The van der Waals surface area contributed by atoms with E-state index in [4.69, 9.17) is 0 Å². The van der Waals surface area contributed by atoms with Crippen LogP contribution in [-0.4, -0.2) is 23.0 Å². The molecule has 1 aromatic heterocycles. The Bertz CT molecular complexity index is 882. The molecule has 2 aromatic rings. The summed E-state index contributed by atoms with van der Waals surface area (Å²) in [6, 6.07) is 5.70. The average Bonchev–Trinajstić information content (AvgIpc) is 3.22. The quantitative estimate of drug-likeness (QED) is 0.785. The van der Waals surface area contributed by atoms with Crippen LogP contribution >= 0.6 is 0 Å². The minimum absolute atomic E-state index is 0.0323. The third-order valence-corrected chi connectivity index (χ3v) is 5.34. The van der Waals surface area contributed by atoms with Gasteiger partial charge < -0.3 is 5.32 Å². The van der Waals surface area contributed by atoms with Gasteiger partial charge in [-0.15, -0.1) is 0 Å². The van der Waals surface area contributed by atoms with Gasteiger partial charge in [0.05, 0.1) is 23.5 Å². The van der Waals surface area contributed by atoms with E-state index in [0.29, 0.717) is 37.1 Å². The van der Waals surface area contributed by atoms with Crippen LogP contribution in [0, 0.1) is 5.82 Å². The second kappa shape index (κ2) is 6.30. The molecule has 2 saturated heterocycles. The van der Waals surface area contributed by atoms with Crippen molar-refractivity contribution >= 4 is 5.91 Å². The van der Waals surface area contributed by atoms with Crippen molar-refractivity contribution in [2.75, 3.05) is 6.54 Å². The van der Waals surface area contributed by atoms with E-state index in [2.05, 4.69) is 15.6 Å². The number of halogens is 4. The van der Waals surface area contributed by atoms with Gasteiger partial charge in [0.1, 0.15) is 11.4 Å². The number of rotatable bonds is 2. The number of hydrogen-bond acceptors (Lipinski definition) is 3. The van der Waals surface area contributed by atoms with Crippen molar-refractivity contribution in [3.63, 3.8) is 0 Å². The van der Waals surface area contributed by atoms with Crippen LogP contribution in [-0.2, 0) is 11.0 Å². The molecule has 4 rings (SSSR count). The highest BCUT2D eigenvalue weighted by atomic mass is 19.4. The van der Waals surface area contributed by atoms with Gasteiger partial charge in [-0.1, -0.05) is 12.1 Å². The van der Waals surface area contributed by atoms with Gasteiger partial charge in [-0.25, -0.2) is 4.39 Å². The van der Waals surface area contributed by atoms with E-state index in [-0.39, 0.29) is 17.5 Å². The van der Waals surface area contributed by atoms with Crippen molar-refractivity contribution in [2.45, 2.75) is 37.0 Å². The van der Waals surface area contributed by atoms with Crippen molar-refractivity contribution in [3.8, 4) is 11.1 Å². The van der Waals surface area contributed by atoms with Crippen LogP contribution in [0.25, 0.3) is 11.1 Å². The summed E-state index contributed by atoms with van der Waals surface area (Å²) in [6.45, 7) is 0.617. The predicted molar refractivity (Wildman–Crippen MR) is 90.1 cm³/mol. The maximum absolute atomic E-state index is 14.3. The Hall–Kier alpha value is -2.48. The molecule has 1 spiro atoms. The predicted octanol–water partition coefficient (Wildman–Crippen LogP) is 3.59. The molecule has 3 heterocycles. The molecule has 2 N–H and O–H groups in total. The first kappa shape index (κ1) is 17.9. The Morgan fingerprint density at radius 3 is 2.52 bits per heavy atom. The molecule has 1 amide bonds. The van der Waals surface area contributed by atoms with Crippen molar-refractivity contribution < 1.29 is 22.4 Å². The van der Waals surface area contributed by atoms with E-state index in [0.717, 1.165) is 18.3 Å². The summed E-state index contributed by atoms with van der Waals surface area (Å²) in [5.41, 5.74) is -0.284. The standard InChI is InChI=1S/C19H17F4N3O/c20-14-10-25-16(15-5-6-18(26-15)7-8-24-17(18)27)9-13(14)11-1-3-12(4-2-11)19(21,22)23/h1-4,9-10,15,26H,5-8H2,(H,24,27)/t15-,18-/m0/s1. The summed E-state index contributed by atoms with van der Waals surface area (Å²) in [7, 11) is 0. The van der Waals surface area contributed by atoms with Gasteiger partial charge >= 0.3 is 6.18 Å². The van der Waals surface area contributed by atoms with Gasteiger partial charge in [-0.2, -0.15) is 13.2 Å². The fourth-order valence-corrected chi connectivity index (χ4v) is 3.84. The Balaban J connectivity index is 1.62. The Labute approximate surface area is 153 Å². The Morgan fingerprint density at radius 2 is 1.89 bits per heavy atom. The molecule has 27 heavy (non-hydrogen) atoms. The first-order chi connectivity index (χ1) is 12.8. The lowest BCUT2D eigenvalue weighted by Crippen LogP contribution is -2.47. The molecule has 0 unspecified atom stereocenters. The van der Waals surface area contributed by atoms with Crippen LogP contribution in [0.1, 0.15) is 36.6 Å². The number of amides is 1. The van der Waals surface area contributed by atoms with Crippen molar-refractivity contribution in [2.24, 2.45) is 0 Å². The molecule has 142 valence electrons. The maximum Gasteiger partial charge on any atom is 0.416 e. The smallest absolute Gasteiger partial charge is 0.354 e. The molecule has 4 nitrogen and oxygen atoms in total. The summed E-state index contributed by atoms with van der Waals surface area (Å²) in [6.07, 6.45) is -1.33. The van der Waals surface area contributed by atoms with Crippen molar-refractivity contribution in [3.05, 3.63) is 53.6 Å². The van der Waals surface area contributed by atoms with Crippen LogP contribution < -0.4 is 10.6 Å². The van der Waals surface area contributed by atoms with E-state index in [1.807, 2.05) is 0 Å². The van der Waals surface area contributed by atoms with Gasteiger partial charge in [-0.3, -0.25) is 15.1 Å². The van der Waals surface area contributed by atoms with E-state index in [1.54, 1.807) is 6.07 Å². The molecular weight excluding hydrogens is 362 g/mol. The van der Waals surface area contributed by atoms with Gasteiger partial charge in [0, 0.05) is 12.1 Å². The fourth-order valence-electron chi connectivity index (χ4n) is 3.84. The third-order valence-electron chi connectivity index (χ3n) is 5.34. The zero-order chi connectivity index (χ0) is 19.2. The number of nitrogens with one attached hydrogen (secondary N) is 2. The molecule has 2 aliphatic rings. The van der Waals surface area contributed by atoms with E-state index >= 15 is 0 Å². The number of hydrogen-bond donors (Lipinski definition) is 2. The zero-order valence-corrected chi connectivity index (χ0v) is 14.2. The third kappa shape index (κ3) is 3.18. The number of aromatic nitrogens is 1. The molecule has 1 aromatic carbocycles. The lowest BCUT2D eigenvalue weighted by Gasteiger charge is -2.22. The molecule has 0 bridgehead atoms. The number of carbonyl (C=O) groups excluding carboxylic acids is 1. The zero-order valence-electron chi connectivity index (χ0n) is 14.2. The summed E-state index contributed by atoms with van der Waals surface area (Å²) in [5.74, 6) is -0.639. The van der Waals surface area contributed by atoms with Gasteiger partial charge in [-0.05, 0) is 43.0 Å². The second-order valence-corrected chi connectivity index (χ2v) is 6.99. The minimum Gasteiger partial charge on any atom is -0.354 e. The van der Waals surface area contributed by atoms with Gasteiger partial charge in [0.25, 0.3) is 0 Å². The number of benzene rings is 1. The average molecular weight is 379 g/mol. The normalized spacial score (nSPS) is 25.2. The summed E-state index contributed by atoms with van der Waals surface area (Å²) in [4.78, 5) is 16.2. The van der Waals surface area contributed by atoms with Gasteiger partial charge in [0.15, 0.2) is 0 Å². The van der Waals surface area contributed by atoms with Crippen molar-refractivity contribution in [1.82, 2.24) is 15.6 Å². The van der Waals surface area contributed by atoms with Crippen molar-refractivity contribution in [1.29, 1.82) is 0 Å². The van der Waals surface area contributed by atoms with Crippen LogP contribution in [0.4, 0.5) is 17.6 Å². The SMILES string of the molecule is O=C1NCC[C@@]12CC[C@@H](c1cc(-c3ccc(C(F)(F)F)cc3)c(F)cn1)N2. The summed E-state index contributed by atoms with van der Waals surface area (Å²) < 4.78 is 52.4. The van der Waals surface area contributed by atoms with Crippen LogP contribution in [0.5, 0.6) is 0 Å². The number of nitrogens with zero attached hydrogens (tertiary/aromatic N) is 1. The maximum atomic E-state index is 14.3. The molecule has 0 radical (unpaired) electrons. The van der Waals surface area contributed by atoms with E-state index < -0.39 is 23.1 Å². The molecular formula is C19H17F4N3O. The van der Waals surface area contributed by atoms with E-state index in [1.165, 1.54) is 12.1 Å². The first-order valence-corrected chi connectivity index (χ1v) is 8.68. The first-order valence-electron chi connectivity index (χ1n) is 8.68. The number of carbonyl (C=O) groups is 1. The molecule has 0 saturated carbocycles.